The number of fused-ring (bicyclic) bond motifs is 1. The van der Waals surface area contributed by atoms with Crippen LogP contribution < -0.4 is 0 Å². The molecule has 9 heteroatoms. The fraction of sp³-hybridized carbons (Fsp3) is 0.486. The van der Waals surface area contributed by atoms with Crippen molar-refractivity contribution in [1.29, 1.82) is 0 Å². The molecule has 46 heavy (non-hydrogen) atoms. The predicted molar refractivity (Wildman–Crippen MR) is 186 cm³/mol. The van der Waals surface area contributed by atoms with Crippen LogP contribution >= 0.6 is 27.7 Å². The second-order valence-corrected chi connectivity index (χ2v) is 15.8. The van der Waals surface area contributed by atoms with E-state index in [1.54, 1.807) is 33.7 Å². The molecule has 6 rings (SSSR count). The SMILES string of the molecule is C=CCN(Cc1ccccc1)C(=O)[C@H]1[C@H]2C(=O)N([C@H](CO)c3ccccc3)C(C(=O)N(CC=C)C3CCCCC3)C23CC(Br)[C@@H]1S3. The molecule has 2 aromatic carbocycles. The lowest BCUT2D eigenvalue weighted by molar-refractivity contribution is -0.148. The Balaban J connectivity index is 1.44. The number of halogens is 1. The highest BCUT2D eigenvalue weighted by molar-refractivity contribution is 9.09. The summed E-state index contributed by atoms with van der Waals surface area (Å²) in [6.07, 6.45) is 9.23. The zero-order valence-corrected chi connectivity index (χ0v) is 28.7. The Morgan fingerprint density at radius 2 is 1.65 bits per heavy atom. The van der Waals surface area contributed by atoms with Gasteiger partial charge in [0, 0.05) is 35.8 Å². The highest BCUT2D eigenvalue weighted by Gasteiger charge is 2.76. The van der Waals surface area contributed by atoms with Crippen molar-refractivity contribution in [2.75, 3.05) is 19.7 Å². The molecule has 4 fully saturated rings. The van der Waals surface area contributed by atoms with Crippen LogP contribution in [0.4, 0.5) is 0 Å². The van der Waals surface area contributed by atoms with Gasteiger partial charge in [-0.2, -0.15) is 0 Å². The van der Waals surface area contributed by atoms with Gasteiger partial charge in [0.1, 0.15) is 6.04 Å². The molecule has 7 atom stereocenters. The first-order valence-electron chi connectivity index (χ1n) is 16.5. The van der Waals surface area contributed by atoms with Crippen LogP contribution in [-0.2, 0) is 20.9 Å². The van der Waals surface area contributed by atoms with Gasteiger partial charge in [0.2, 0.25) is 17.7 Å². The number of nitrogens with zero attached hydrogens (tertiary/aromatic N) is 3. The van der Waals surface area contributed by atoms with Gasteiger partial charge >= 0.3 is 0 Å². The monoisotopic (exact) mass is 705 g/mol. The molecule has 4 aliphatic rings. The number of aliphatic hydroxyl groups is 1. The van der Waals surface area contributed by atoms with Gasteiger partial charge in [-0.15, -0.1) is 24.9 Å². The molecule has 1 spiro atoms. The Morgan fingerprint density at radius 1 is 1.00 bits per heavy atom. The molecule has 1 saturated carbocycles. The van der Waals surface area contributed by atoms with Crippen LogP contribution in [0.5, 0.6) is 0 Å². The van der Waals surface area contributed by atoms with E-state index in [1.165, 1.54) is 0 Å². The summed E-state index contributed by atoms with van der Waals surface area (Å²) in [6.45, 7) is 8.74. The number of amides is 3. The Hall–Kier alpha value is -2.88. The summed E-state index contributed by atoms with van der Waals surface area (Å²) in [7, 11) is 0. The number of benzene rings is 2. The van der Waals surface area contributed by atoms with Gasteiger partial charge in [0.25, 0.3) is 0 Å². The maximum atomic E-state index is 15.1. The minimum Gasteiger partial charge on any atom is -0.394 e. The van der Waals surface area contributed by atoms with E-state index in [4.69, 9.17) is 0 Å². The topological polar surface area (TPSA) is 81.2 Å². The number of likely N-dealkylation sites (tertiary alicyclic amines) is 1. The fourth-order valence-electron chi connectivity index (χ4n) is 8.50. The highest BCUT2D eigenvalue weighted by atomic mass is 79.9. The summed E-state index contributed by atoms with van der Waals surface area (Å²) >= 11 is 5.57. The Labute approximate surface area is 285 Å². The standard InChI is InChI=1S/C37H44BrN3O4S/c1-3-20-39(23-25-14-8-5-9-15-25)34(43)30-31-35(44)41(29(24-42)26-16-10-6-11-17-26)33(37(31)22-28(38)32(30)46-37)36(45)40(21-4-2)27-18-12-7-13-19-27/h3-6,8-11,14-17,27-33,42H,1-2,7,12-13,18-24H2/t28?,29-,30+,31+,32+,33?,37?/m1/s1. The number of aliphatic hydroxyl groups excluding tert-OH is 1. The average molecular weight is 707 g/mol. The third-order valence-corrected chi connectivity index (χ3v) is 13.7. The molecule has 3 aliphatic heterocycles. The van der Waals surface area contributed by atoms with E-state index >= 15 is 4.79 Å². The van der Waals surface area contributed by atoms with Crippen molar-refractivity contribution in [3.8, 4) is 0 Å². The number of hydrogen-bond donors (Lipinski definition) is 1. The lowest BCUT2D eigenvalue weighted by Crippen LogP contribution is -2.58. The molecule has 3 saturated heterocycles. The van der Waals surface area contributed by atoms with Crippen LogP contribution in [0.15, 0.2) is 86.0 Å². The van der Waals surface area contributed by atoms with Crippen molar-refractivity contribution in [1.82, 2.24) is 14.7 Å². The number of alkyl halides is 1. The molecule has 3 unspecified atom stereocenters. The Bertz CT molecular complexity index is 1440. The van der Waals surface area contributed by atoms with E-state index in [-0.39, 0.29) is 40.4 Å². The smallest absolute Gasteiger partial charge is 0.247 e. The summed E-state index contributed by atoms with van der Waals surface area (Å²) in [5.74, 6) is -1.69. The molecule has 0 radical (unpaired) electrons. The Morgan fingerprint density at radius 3 is 2.28 bits per heavy atom. The van der Waals surface area contributed by atoms with Crippen LogP contribution in [-0.4, -0.2) is 84.1 Å². The minimum absolute atomic E-state index is 0.0418. The van der Waals surface area contributed by atoms with Crippen LogP contribution in [0, 0.1) is 11.8 Å². The third-order valence-electron chi connectivity index (χ3n) is 10.4. The van der Waals surface area contributed by atoms with Gasteiger partial charge in [0.15, 0.2) is 0 Å². The zero-order chi connectivity index (χ0) is 32.4. The van der Waals surface area contributed by atoms with Gasteiger partial charge in [0.05, 0.1) is 29.2 Å². The first-order chi connectivity index (χ1) is 22.4. The lowest BCUT2D eigenvalue weighted by atomic mass is 9.70. The number of hydrogen-bond acceptors (Lipinski definition) is 5. The molecule has 244 valence electrons. The van der Waals surface area contributed by atoms with Crippen LogP contribution in [0.2, 0.25) is 0 Å². The molecular weight excluding hydrogens is 662 g/mol. The van der Waals surface area contributed by atoms with Crippen molar-refractivity contribution >= 4 is 45.4 Å². The first kappa shape index (κ1) is 33.0. The van der Waals surface area contributed by atoms with Crippen molar-refractivity contribution in [2.24, 2.45) is 11.8 Å². The molecule has 3 amide bonds. The van der Waals surface area contributed by atoms with E-state index in [2.05, 4.69) is 29.1 Å². The molecule has 2 bridgehead atoms. The van der Waals surface area contributed by atoms with E-state index in [1.807, 2.05) is 65.6 Å². The maximum Gasteiger partial charge on any atom is 0.247 e. The lowest BCUT2D eigenvalue weighted by Gasteiger charge is -2.43. The summed E-state index contributed by atoms with van der Waals surface area (Å²) in [6, 6.07) is 17.9. The largest absolute Gasteiger partial charge is 0.394 e. The quantitative estimate of drug-likeness (QED) is 0.225. The van der Waals surface area contributed by atoms with Crippen LogP contribution in [0.3, 0.4) is 0 Å². The van der Waals surface area contributed by atoms with Crippen molar-refractivity contribution in [3.63, 3.8) is 0 Å². The molecule has 0 aromatic heterocycles. The van der Waals surface area contributed by atoms with E-state index in [0.717, 1.165) is 43.2 Å². The zero-order valence-electron chi connectivity index (χ0n) is 26.3. The maximum absolute atomic E-state index is 15.1. The number of rotatable bonds is 12. The molecule has 1 N–H and O–H groups in total. The second-order valence-electron chi connectivity index (χ2n) is 13.1. The van der Waals surface area contributed by atoms with Gasteiger partial charge in [-0.1, -0.05) is 108 Å². The number of thioether (sulfide) groups is 1. The summed E-state index contributed by atoms with van der Waals surface area (Å²) < 4.78 is -0.809. The fourth-order valence-corrected chi connectivity index (χ4v) is 12.1. The average Bonchev–Trinajstić information content (AvgIpc) is 3.68. The summed E-state index contributed by atoms with van der Waals surface area (Å²) in [4.78, 5) is 50.1. The van der Waals surface area contributed by atoms with Gasteiger partial charge in [-0.3, -0.25) is 14.4 Å². The molecule has 7 nitrogen and oxygen atoms in total. The van der Waals surface area contributed by atoms with E-state index < -0.39 is 28.7 Å². The van der Waals surface area contributed by atoms with Crippen molar-refractivity contribution in [2.45, 2.75) is 78.0 Å². The van der Waals surface area contributed by atoms with Crippen LogP contribution in [0.25, 0.3) is 0 Å². The van der Waals surface area contributed by atoms with E-state index in [0.29, 0.717) is 26.1 Å². The van der Waals surface area contributed by atoms with Crippen molar-refractivity contribution < 1.29 is 19.5 Å². The van der Waals surface area contributed by atoms with E-state index in [9.17, 15) is 14.7 Å². The summed E-state index contributed by atoms with van der Waals surface area (Å²) in [5, 5.41) is 10.7. The summed E-state index contributed by atoms with van der Waals surface area (Å²) in [5.41, 5.74) is 1.78. The molecule has 1 aliphatic carbocycles. The second kappa shape index (κ2) is 14.1. The van der Waals surface area contributed by atoms with Crippen molar-refractivity contribution in [3.05, 3.63) is 97.1 Å². The predicted octanol–water partition coefficient (Wildman–Crippen LogP) is 5.75. The minimum atomic E-state index is -0.820. The molecular formula is C37H44BrN3O4S. The van der Waals surface area contributed by atoms with Crippen LogP contribution in [0.1, 0.15) is 55.7 Å². The highest BCUT2D eigenvalue weighted by Crippen LogP contribution is 2.69. The number of carbonyl (C=O) groups excluding carboxylic acids is 3. The van der Waals surface area contributed by atoms with Gasteiger partial charge < -0.3 is 19.8 Å². The molecule has 2 aromatic rings. The first-order valence-corrected chi connectivity index (χ1v) is 18.3. The van der Waals surface area contributed by atoms with Gasteiger partial charge in [-0.25, -0.2) is 0 Å². The molecule has 3 heterocycles. The number of carbonyl (C=O) groups is 3. The van der Waals surface area contributed by atoms with Gasteiger partial charge in [-0.05, 0) is 30.4 Å². The Kier molecular flexibility index (Phi) is 10.1. The third kappa shape index (κ3) is 5.77. The normalized spacial score (nSPS) is 29.3.